The Morgan fingerprint density at radius 2 is 2.35 bits per heavy atom. The van der Waals surface area contributed by atoms with Crippen LogP contribution in [0.1, 0.15) is 18.2 Å². The maximum atomic E-state index is 12.0. The highest BCUT2D eigenvalue weighted by Crippen LogP contribution is 2.35. The van der Waals surface area contributed by atoms with Gasteiger partial charge in [-0.15, -0.1) is 0 Å². The van der Waals surface area contributed by atoms with Crippen molar-refractivity contribution >= 4 is 26.7 Å². The Morgan fingerprint density at radius 3 is 3.22 bits per heavy atom. The van der Waals surface area contributed by atoms with Gasteiger partial charge in [0, 0.05) is 13.0 Å². The van der Waals surface area contributed by atoms with Crippen molar-refractivity contribution in [1.29, 1.82) is 0 Å². The first kappa shape index (κ1) is 14.2. The van der Waals surface area contributed by atoms with Crippen molar-refractivity contribution in [3.63, 3.8) is 0 Å². The molecular formula is C16H16N4O2S. The highest BCUT2D eigenvalue weighted by Gasteiger charge is 2.23. The van der Waals surface area contributed by atoms with Gasteiger partial charge in [-0.25, -0.2) is 9.97 Å². The van der Waals surface area contributed by atoms with E-state index in [-0.39, 0.29) is 5.56 Å². The SMILES string of the molecule is CCOc1cccc2sc(N3CCc4nc[nH]c(=O)c4C3)nc12. The lowest BCUT2D eigenvalue weighted by Crippen LogP contribution is -2.35. The van der Waals surface area contributed by atoms with Gasteiger partial charge in [-0.1, -0.05) is 17.4 Å². The topological polar surface area (TPSA) is 71.1 Å². The number of anilines is 1. The maximum Gasteiger partial charge on any atom is 0.255 e. The average molecular weight is 328 g/mol. The average Bonchev–Trinajstić information content (AvgIpc) is 3.00. The third-order valence-electron chi connectivity index (χ3n) is 3.95. The van der Waals surface area contributed by atoms with Crippen LogP contribution in [0.4, 0.5) is 5.13 Å². The lowest BCUT2D eigenvalue weighted by Gasteiger charge is -2.26. The van der Waals surface area contributed by atoms with E-state index < -0.39 is 0 Å². The number of benzene rings is 1. The van der Waals surface area contributed by atoms with E-state index in [1.165, 1.54) is 6.33 Å². The summed E-state index contributed by atoms with van der Waals surface area (Å²) in [5.41, 5.74) is 2.46. The molecule has 0 radical (unpaired) electrons. The standard InChI is InChI=1S/C16H16N4O2S/c1-2-22-12-4-3-5-13-14(12)19-16(23-13)20-7-6-11-10(8-20)15(21)18-9-17-11/h3-5,9H,2,6-8H2,1H3,(H,17,18,21). The number of hydrogen-bond donors (Lipinski definition) is 1. The van der Waals surface area contributed by atoms with Crippen molar-refractivity contribution in [2.45, 2.75) is 19.9 Å². The molecule has 118 valence electrons. The van der Waals surface area contributed by atoms with Gasteiger partial charge < -0.3 is 14.6 Å². The number of hydrogen-bond acceptors (Lipinski definition) is 6. The van der Waals surface area contributed by atoms with E-state index in [1.807, 2.05) is 25.1 Å². The summed E-state index contributed by atoms with van der Waals surface area (Å²) < 4.78 is 6.75. The Hall–Kier alpha value is -2.41. The van der Waals surface area contributed by atoms with Crippen LogP contribution in [-0.2, 0) is 13.0 Å². The molecule has 4 rings (SSSR count). The summed E-state index contributed by atoms with van der Waals surface area (Å²) in [6.45, 7) is 3.94. The van der Waals surface area contributed by atoms with E-state index in [1.54, 1.807) is 11.3 Å². The number of aromatic nitrogens is 3. The molecule has 3 heterocycles. The highest BCUT2D eigenvalue weighted by molar-refractivity contribution is 7.22. The fourth-order valence-electron chi connectivity index (χ4n) is 2.84. The lowest BCUT2D eigenvalue weighted by atomic mass is 10.1. The normalized spacial score (nSPS) is 14.0. The second-order valence-corrected chi connectivity index (χ2v) is 6.37. The molecule has 0 saturated carbocycles. The molecule has 0 amide bonds. The first-order valence-electron chi connectivity index (χ1n) is 7.59. The van der Waals surface area contributed by atoms with Crippen LogP contribution >= 0.6 is 11.3 Å². The minimum atomic E-state index is -0.0594. The van der Waals surface area contributed by atoms with Crippen LogP contribution in [0.15, 0.2) is 29.3 Å². The molecule has 1 aliphatic rings. The minimum absolute atomic E-state index is 0.0594. The van der Waals surface area contributed by atoms with Crippen LogP contribution in [0.25, 0.3) is 10.2 Å². The van der Waals surface area contributed by atoms with E-state index in [4.69, 9.17) is 9.72 Å². The summed E-state index contributed by atoms with van der Waals surface area (Å²) in [5.74, 6) is 0.810. The van der Waals surface area contributed by atoms with Gasteiger partial charge in [-0.2, -0.15) is 0 Å². The fourth-order valence-corrected chi connectivity index (χ4v) is 3.84. The first-order chi connectivity index (χ1) is 11.3. The summed E-state index contributed by atoms with van der Waals surface area (Å²) >= 11 is 1.63. The Bertz CT molecular complexity index is 918. The van der Waals surface area contributed by atoms with Crippen LogP contribution in [-0.4, -0.2) is 28.1 Å². The quantitative estimate of drug-likeness (QED) is 0.799. The molecule has 3 aromatic rings. The number of ether oxygens (including phenoxy) is 1. The second-order valence-electron chi connectivity index (χ2n) is 5.36. The summed E-state index contributed by atoms with van der Waals surface area (Å²) in [4.78, 5) is 25.8. The Morgan fingerprint density at radius 1 is 1.43 bits per heavy atom. The summed E-state index contributed by atoms with van der Waals surface area (Å²) in [5, 5.41) is 0.918. The number of fused-ring (bicyclic) bond motifs is 2. The van der Waals surface area contributed by atoms with E-state index in [0.717, 1.165) is 45.3 Å². The Balaban J connectivity index is 1.72. The summed E-state index contributed by atoms with van der Waals surface area (Å²) in [6, 6.07) is 5.97. The van der Waals surface area contributed by atoms with Gasteiger partial charge in [0.25, 0.3) is 5.56 Å². The zero-order chi connectivity index (χ0) is 15.8. The molecule has 0 unspecified atom stereocenters. The van der Waals surface area contributed by atoms with Crippen LogP contribution in [0, 0.1) is 0 Å². The molecule has 6 nitrogen and oxygen atoms in total. The number of nitrogens with zero attached hydrogens (tertiary/aromatic N) is 3. The smallest absolute Gasteiger partial charge is 0.255 e. The van der Waals surface area contributed by atoms with Crippen LogP contribution in [0.3, 0.4) is 0 Å². The highest BCUT2D eigenvalue weighted by atomic mass is 32.1. The largest absolute Gasteiger partial charge is 0.492 e. The van der Waals surface area contributed by atoms with Crippen molar-refractivity contribution in [3.8, 4) is 5.75 Å². The van der Waals surface area contributed by atoms with Gasteiger partial charge in [-0.3, -0.25) is 4.79 Å². The molecular weight excluding hydrogens is 312 g/mol. The number of thiazole rings is 1. The van der Waals surface area contributed by atoms with Gasteiger partial charge in [-0.05, 0) is 19.1 Å². The first-order valence-corrected chi connectivity index (χ1v) is 8.40. The summed E-state index contributed by atoms with van der Waals surface area (Å²) in [7, 11) is 0. The molecule has 0 fully saturated rings. The molecule has 0 atom stereocenters. The summed E-state index contributed by atoms with van der Waals surface area (Å²) in [6.07, 6.45) is 2.23. The monoisotopic (exact) mass is 328 g/mol. The number of aromatic amines is 1. The second kappa shape index (κ2) is 5.66. The molecule has 1 aliphatic heterocycles. The number of para-hydroxylation sites is 1. The molecule has 0 saturated heterocycles. The molecule has 1 N–H and O–H groups in total. The van der Waals surface area contributed by atoms with Gasteiger partial charge in [0.2, 0.25) is 0 Å². The van der Waals surface area contributed by atoms with E-state index in [0.29, 0.717) is 13.2 Å². The van der Waals surface area contributed by atoms with Gasteiger partial charge >= 0.3 is 0 Å². The number of H-pyrrole nitrogens is 1. The zero-order valence-electron chi connectivity index (χ0n) is 12.7. The van der Waals surface area contributed by atoms with E-state index in [2.05, 4.69) is 14.9 Å². The van der Waals surface area contributed by atoms with Crippen molar-refractivity contribution in [2.75, 3.05) is 18.1 Å². The molecule has 7 heteroatoms. The maximum absolute atomic E-state index is 12.0. The Kier molecular flexibility index (Phi) is 3.49. The molecule has 1 aromatic carbocycles. The van der Waals surface area contributed by atoms with Crippen molar-refractivity contribution < 1.29 is 4.74 Å². The van der Waals surface area contributed by atoms with Crippen LogP contribution in [0.5, 0.6) is 5.75 Å². The van der Waals surface area contributed by atoms with Gasteiger partial charge in [0.05, 0.1) is 35.4 Å². The molecule has 23 heavy (non-hydrogen) atoms. The minimum Gasteiger partial charge on any atom is -0.492 e. The predicted molar refractivity (Wildman–Crippen MR) is 90.4 cm³/mol. The third-order valence-corrected chi connectivity index (χ3v) is 5.03. The lowest BCUT2D eigenvalue weighted by molar-refractivity contribution is 0.344. The molecule has 0 aliphatic carbocycles. The third kappa shape index (κ3) is 2.46. The zero-order valence-corrected chi connectivity index (χ0v) is 13.5. The van der Waals surface area contributed by atoms with E-state index in [9.17, 15) is 4.79 Å². The van der Waals surface area contributed by atoms with Crippen LogP contribution < -0.4 is 15.2 Å². The fraction of sp³-hybridized carbons (Fsp3) is 0.312. The molecule has 0 spiro atoms. The molecule has 0 bridgehead atoms. The van der Waals surface area contributed by atoms with Crippen molar-refractivity contribution in [2.24, 2.45) is 0 Å². The number of nitrogens with one attached hydrogen (secondary N) is 1. The Labute approximate surface area is 136 Å². The van der Waals surface area contributed by atoms with E-state index >= 15 is 0 Å². The van der Waals surface area contributed by atoms with Gasteiger partial charge in [0.1, 0.15) is 11.3 Å². The molecule has 2 aromatic heterocycles. The van der Waals surface area contributed by atoms with Crippen molar-refractivity contribution in [3.05, 3.63) is 46.1 Å². The predicted octanol–water partition coefficient (Wildman–Crippen LogP) is 2.34. The van der Waals surface area contributed by atoms with Crippen LogP contribution in [0.2, 0.25) is 0 Å². The van der Waals surface area contributed by atoms with Gasteiger partial charge in [0.15, 0.2) is 5.13 Å². The number of rotatable bonds is 3. The van der Waals surface area contributed by atoms with Crippen molar-refractivity contribution in [1.82, 2.24) is 15.0 Å².